The standard InChI is InChI=1S/C29H35NO7/c1-4-6-15-37-23-14-11-20(17-24(23)34-3)26-25(27(31)19-9-12-21(13-10-19)35-5-2)28(32)29(33)30(26)18-22-8-7-16-36-22/h9-14,17,22,26,31H,4-8,15-16,18H2,1-3H3/b27-25+. The number of unbranched alkanes of at least 4 members (excludes halogenated alkanes) is 1. The second-order valence-corrected chi connectivity index (χ2v) is 9.16. The largest absolute Gasteiger partial charge is 0.507 e. The van der Waals surface area contributed by atoms with E-state index in [0.29, 0.717) is 48.2 Å². The molecule has 2 unspecified atom stereocenters. The predicted octanol–water partition coefficient (Wildman–Crippen LogP) is 4.87. The van der Waals surface area contributed by atoms with Crippen LogP contribution in [-0.2, 0) is 14.3 Å². The van der Waals surface area contributed by atoms with Crippen LogP contribution in [0.2, 0.25) is 0 Å². The van der Waals surface area contributed by atoms with Gasteiger partial charge in [-0.1, -0.05) is 19.4 Å². The average molecular weight is 510 g/mol. The lowest BCUT2D eigenvalue weighted by Gasteiger charge is -2.28. The molecule has 0 spiro atoms. The molecule has 1 N–H and O–H groups in total. The smallest absolute Gasteiger partial charge is 0.295 e. The second-order valence-electron chi connectivity index (χ2n) is 9.16. The molecule has 8 heteroatoms. The first-order chi connectivity index (χ1) is 18.0. The van der Waals surface area contributed by atoms with Crippen molar-refractivity contribution in [3.8, 4) is 17.2 Å². The van der Waals surface area contributed by atoms with Gasteiger partial charge in [0.2, 0.25) is 0 Å². The summed E-state index contributed by atoms with van der Waals surface area (Å²) < 4.78 is 22.7. The molecule has 2 heterocycles. The number of methoxy groups -OCH3 is 1. The third kappa shape index (κ3) is 5.74. The minimum atomic E-state index is -0.797. The quantitative estimate of drug-likeness (QED) is 0.200. The number of aliphatic hydroxyl groups is 1. The van der Waals surface area contributed by atoms with Crippen molar-refractivity contribution in [3.05, 3.63) is 59.2 Å². The van der Waals surface area contributed by atoms with Crippen molar-refractivity contribution in [1.82, 2.24) is 4.90 Å². The van der Waals surface area contributed by atoms with E-state index < -0.39 is 17.7 Å². The number of carbonyl (C=O) groups excluding carboxylic acids is 2. The number of rotatable bonds is 11. The van der Waals surface area contributed by atoms with Gasteiger partial charge < -0.3 is 29.0 Å². The van der Waals surface area contributed by atoms with Crippen LogP contribution in [0.5, 0.6) is 17.2 Å². The van der Waals surface area contributed by atoms with Crippen molar-refractivity contribution < 1.29 is 33.6 Å². The molecule has 4 rings (SSSR count). The second kappa shape index (κ2) is 12.1. The molecule has 2 aromatic carbocycles. The molecular weight excluding hydrogens is 474 g/mol. The first kappa shape index (κ1) is 26.5. The Morgan fingerprint density at radius 1 is 1.08 bits per heavy atom. The summed E-state index contributed by atoms with van der Waals surface area (Å²) in [7, 11) is 1.55. The minimum Gasteiger partial charge on any atom is -0.507 e. The van der Waals surface area contributed by atoms with E-state index in [2.05, 4.69) is 6.92 Å². The van der Waals surface area contributed by atoms with E-state index in [1.807, 2.05) is 13.0 Å². The fourth-order valence-electron chi connectivity index (χ4n) is 4.75. The number of hydrogen-bond donors (Lipinski definition) is 1. The Bertz CT molecular complexity index is 1140. The number of carbonyl (C=O) groups is 2. The van der Waals surface area contributed by atoms with Gasteiger partial charge in [0, 0.05) is 18.7 Å². The third-order valence-electron chi connectivity index (χ3n) is 6.66. The van der Waals surface area contributed by atoms with Crippen LogP contribution in [-0.4, -0.2) is 61.3 Å². The van der Waals surface area contributed by atoms with Crippen LogP contribution in [0.1, 0.15) is 56.7 Å². The van der Waals surface area contributed by atoms with Gasteiger partial charge in [0.25, 0.3) is 11.7 Å². The van der Waals surface area contributed by atoms with E-state index in [-0.39, 0.29) is 24.0 Å². The summed E-state index contributed by atoms with van der Waals surface area (Å²) in [4.78, 5) is 28.1. The van der Waals surface area contributed by atoms with Crippen molar-refractivity contribution in [2.75, 3.05) is 33.5 Å². The first-order valence-corrected chi connectivity index (χ1v) is 12.9. The summed E-state index contributed by atoms with van der Waals surface area (Å²) >= 11 is 0. The molecule has 1 amide bonds. The molecule has 2 atom stereocenters. The highest BCUT2D eigenvalue weighted by atomic mass is 16.5. The maximum Gasteiger partial charge on any atom is 0.295 e. The molecule has 0 aromatic heterocycles. The first-order valence-electron chi connectivity index (χ1n) is 12.9. The SMILES string of the molecule is CCCCOc1ccc(C2/C(=C(\O)c3ccc(OCC)cc3)C(=O)C(=O)N2CC2CCCO2)cc1OC. The van der Waals surface area contributed by atoms with Crippen molar-refractivity contribution in [2.24, 2.45) is 0 Å². The van der Waals surface area contributed by atoms with Gasteiger partial charge in [-0.15, -0.1) is 0 Å². The molecule has 2 saturated heterocycles. The lowest BCUT2D eigenvalue weighted by Crippen LogP contribution is -2.36. The van der Waals surface area contributed by atoms with Gasteiger partial charge in [-0.3, -0.25) is 9.59 Å². The summed E-state index contributed by atoms with van der Waals surface area (Å²) in [5, 5.41) is 11.3. The summed E-state index contributed by atoms with van der Waals surface area (Å²) in [5.74, 6) is 0.118. The Hall–Kier alpha value is -3.52. The Morgan fingerprint density at radius 3 is 2.51 bits per heavy atom. The number of benzene rings is 2. The van der Waals surface area contributed by atoms with Crippen LogP contribution < -0.4 is 14.2 Å². The fraction of sp³-hybridized carbons (Fsp3) is 0.448. The molecule has 198 valence electrons. The molecule has 0 saturated carbocycles. The number of ether oxygens (including phenoxy) is 4. The van der Waals surface area contributed by atoms with Gasteiger partial charge in [0.15, 0.2) is 11.5 Å². The average Bonchev–Trinajstić information content (AvgIpc) is 3.51. The molecule has 2 fully saturated rings. The molecule has 2 aliphatic rings. The van der Waals surface area contributed by atoms with Crippen molar-refractivity contribution in [1.29, 1.82) is 0 Å². The molecule has 37 heavy (non-hydrogen) atoms. The molecule has 0 aliphatic carbocycles. The van der Waals surface area contributed by atoms with Crippen LogP contribution >= 0.6 is 0 Å². The highest BCUT2D eigenvalue weighted by Crippen LogP contribution is 2.42. The maximum absolute atomic E-state index is 13.3. The van der Waals surface area contributed by atoms with Crippen LogP contribution in [0, 0.1) is 0 Å². The molecule has 2 aromatic rings. The fourth-order valence-corrected chi connectivity index (χ4v) is 4.75. The van der Waals surface area contributed by atoms with Crippen LogP contribution in [0.4, 0.5) is 0 Å². The zero-order valence-electron chi connectivity index (χ0n) is 21.7. The summed E-state index contributed by atoms with van der Waals surface area (Å²) in [5.41, 5.74) is 1.10. The predicted molar refractivity (Wildman–Crippen MR) is 139 cm³/mol. The number of nitrogens with zero attached hydrogens (tertiary/aromatic N) is 1. The lowest BCUT2D eigenvalue weighted by atomic mass is 9.94. The van der Waals surface area contributed by atoms with Crippen LogP contribution in [0.3, 0.4) is 0 Å². The normalized spacial score (nSPS) is 20.9. The van der Waals surface area contributed by atoms with Crippen molar-refractivity contribution >= 4 is 17.4 Å². The molecule has 0 bridgehead atoms. The Labute approximate surface area is 217 Å². The third-order valence-corrected chi connectivity index (χ3v) is 6.66. The monoisotopic (exact) mass is 509 g/mol. The van der Waals surface area contributed by atoms with E-state index in [4.69, 9.17) is 18.9 Å². The summed E-state index contributed by atoms with van der Waals surface area (Å²) in [6.07, 6.45) is 3.47. The van der Waals surface area contributed by atoms with E-state index in [9.17, 15) is 14.7 Å². The zero-order chi connectivity index (χ0) is 26.4. The molecule has 0 radical (unpaired) electrons. The Morgan fingerprint density at radius 2 is 1.86 bits per heavy atom. The summed E-state index contributed by atoms with van der Waals surface area (Å²) in [6, 6.07) is 11.4. The van der Waals surface area contributed by atoms with Gasteiger partial charge in [0.05, 0.1) is 38.0 Å². The van der Waals surface area contributed by atoms with Crippen LogP contribution in [0.25, 0.3) is 5.76 Å². The van der Waals surface area contributed by atoms with Gasteiger partial charge in [-0.2, -0.15) is 0 Å². The Kier molecular flexibility index (Phi) is 8.71. The van der Waals surface area contributed by atoms with Crippen molar-refractivity contribution in [2.45, 2.75) is 51.7 Å². The number of Topliss-reactive ketones (excluding diaryl/α,β-unsaturated/α-hetero) is 1. The summed E-state index contributed by atoms with van der Waals surface area (Å²) in [6.45, 7) is 5.93. The minimum absolute atomic E-state index is 0.0360. The number of ketones is 1. The molecular formula is C29H35NO7. The highest BCUT2D eigenvalue weighted by molar-refractivity contribution is 6.46. The van der Waals surface area contributed by atoms with E-state index in [0.717, 1.165) is 25.7 Å². The van der Waals surface area contributed by atoms with Gasteiger partial charge in [0.1, 0.15) is 11.5 Å². The molecule has 2 aliphatic heterocycles. The van der Waals surface area contributed by atoms with Gasteiger partial charge >= 0.3 is 0 Å². The van der Waals surface area contributed by atoms with E-state index in [1.165, 1.54) is 4.90 Å². The number of likely N-dealkylation sites (tertiary alicyclic amines) is 1. The highest BCUT2D eigenvalue weighted by Gasteiger charge is 2.47. The topological polar surface area (TPSA) is 94.5 Å². The maximum atomic E-state index is 13.3. The number of hydrogen-bond acceptors (Lipinski definition) is 7. The Balaban J connectivity index is 1.77. The van der Waals surface area contributed by atoms with Gasteiger partial charge in [-0.25, -0.2) is 0 Å². The lowest BCUT2D eigenvalue weighted by molar-refractivity contribution is -0.140. The van der Waals surface area contributed by atoms with Crippen molar-refractivity contribution in [3.63, 3.8) is 0 Å². The van der Waals surface area contributed by atoms with E-state index >= 15 is 0 Å². The zero-order valence-corrected chi connectivity index (χ0v) is 21.7. The number of aliphatic hydroxyl groups excluding tert-OH is 1. The van der Waals surface area contributed by atoms with Crippen LogP contribution in [0.15, 0.2) is 48.0 Å². The number of amides is 1. The molecule has 8 nitrogen and oxygen atoms in total. The van der Waals surface area contributed by atoms with E-state index in [1.54, 1.807) is 43.5 Å². The van der Waals surface area contributed by atoms with Gasteiger partial charge in [-0.05, 0) is 68.1 Å².